The first-order valence-corrected chi connectivity index (χ1v) is 3.03. The van der Waals surface area contributed by atoms with E-state index in [1.165, 1.54) is 13.8 Å². The number of rotatable bonds is 0. The van der Waals surface area contributed by atoms with Crippen LogP contribution in [0.2, 0.25) is 0 Å². The Morgan fingerprint density at radius 1 is 1.00 bits per heavy atom. The van der Waals surface area contributed by atoms with E-state index in [0.29, 0.717) is 0 Å². The normalized spacial score (nSPS) is 34.6. The van der Waals surface area contributed by atoms with Crippen molar-refractivity contribution in [3.63, 3.8) is 0 Å². The third-order valence-corrected chi connectivity index (χ3v) is 1.33. The molecule has 0 amide bonds. The molecular weight excluding hydrogens is 136 g/mol. The standard InChI is InChI=1S/C6H8O4/c1-3-5(7)6(8)4(2)10-9-3/h3-4H,1-2H3. The van der Waals surface area contributed by atoms with Crippen LogP contribution in [-0.4, -0.2) is 23.8 Å². The summed E-state index contributed by atoms with van der Waals surface area (Å²) in [5.41, 5.74) is 0. The van der Waals surface area contributed by atoms with E-state index >= 15 is 0 Å². The van der Waals surface area contributed by atoms with Gasteiger partial charge in [-0.2, -0.15) is 0 Å². The molecule has 4 heteroatoms. The van der Waals surface area contributed by atoms with Crippen LogP contribution in [0.25, 0.3) is 0 Å². The first-order chi connectivity index (χ1) is 4.63. The van der Waals surface area contributed by atoms with Gasteiger partial charge in [0.05, 0.1) is 0 Å². The Morgan fingerprint density at radius 3 is 1.60 bits per heavy atom. The summed E-state index contributed by atoms with van der Waals surface area (Å²) >= 11 is 0. The smallest absolute Gasteiger partial charge is 0.232 e. The van der Waals surface area contributed by atoms with Gasteiger partial charge >= 0.3 is 0 Å². The minimum atomic E-state index is -0.747. The zero-order valence-electron chi connectivity index (χ0n) is 5.79. The molecule has 0 radical (unpaired) electrons. The van der Waals surface area contributed by atoms with Crippen LogP contribution in [0.15, 0.2) is 0 Å². The topological polar surface area (TPSA) is 52.6 Å². The molecule has 0 spiro atoms. The van der Waals surface area contributed by atoms with Crippen LogP contribution in [0.4, 0.5) is 0 Å². The van der Waals surface area contributed by atoms with E-state index in [1.807, 2.05) is 0 Å². The monoisotopic (exact) mass is 144 g/mol. The van der Waals surface area contributed by atoms with Crippen molar-refractivity contribution in [1.29, 1.82) is 0 Å². The summed E-state index contributed by atoms with van der Waals surface area (Å²) in [5.74, 6) is -1.03. The SMILES string of the molecule is CC1OOC(C)C(=O)C1=O. The molecule has 0 aromatic rings. The maximum atomic E-state index is 10.8. The summed E-state index contributed by atoms with van der Waals surface area (Å²) in [5, 5.41) is 0. The lowest BCUT2D eigenvalue weighted by atomic mass is 10.1. The zero-order chi connectivity index (χ0) is 7.72. The number of Topliss-reactive ketones (excluding diaryl/α,β-unsaturated/α-hetero) is 2. The van der Waals surface area contributed by atoms with Crippen LogP contribution < -0.4 is 0 Å². The van der Waals surface area contributed by atoms with Gasteiger partial charge in [-0.1, -0.05) is 0 Å². The van der Waals surface area contributed by atoms with Crippen molar-refractivity contribution in [2.24, 2.45) is 0 Å². The summed E-state index contributed by atoms with van der Waals surface area (Å²) in [4.78, 5) is 30.6. The summed E-state index contributed by atoms with van der Waals surface area (Å²) in [6.07, 6.45) is -1.49. The van der Waals surface area contributed by atoms with Gasteiger partial charge in [0.2, 0.25) is 11.6 Å². The van der Waals surface area contributed by atoms with Crippen molar-refractivity contribution in [2.45, 2.75) is 26.1 Å². The molecule has 0 aromatic heterocycles. The van der Waals surface area contributed by atoms with E-state index in [-0.39, 0.29) is 0 Å². The molecule has 1 saturated heterocycles. The fourth-order valence-corrected chi connectivity index (χ4v) is 0.655. The van der Waals surface area contributed by atoms with Gasteiger partial charge in [0.25, 0.3) is 0 Å². The molecule has 0 bridgehead atoms. The third kappa shape index (κ3) is 1.08. The minimum Gasteiger partial charge on any atom is -0.288 e. The molecule has 1 aliphatic heterocycles. The molecular formula is C6H8O4. The van der Waals surface area contributed by atoms with Gasteiger partial charge in [0.15, 0.2) is 12.2 Å². The molecule has 0 aliphatic carbocycles. The molecule has 1 aliphatic rings. The van der Waals surface area contributed by atoms with E-state index in [1.54, 1.807) is 0 Å². The lowest BCUT2D eigenvalue weighted by Crippen LogP contribution is -2.42. The first-order valence-electron chi connectivity index (χ1n) is 3.03. The molecule has 2 atom stereocenters. The average molecular weight is 144 g/mol. The van der Waals surface area contributed by atoms with E-state index in [4.69, 9.17) is 0 Å². The van der Waals surface area contributed by atoms with Crippen LogP contribution in [0.5, 0.6) is 0 Å². The lowest BCUT2D eigenvalue weighted by molar-refractivity contribution is -0.337. The molecule has 1 heterocycles. The van der Waals surface area contributed by atoms with E-state index < -0.39 is 23.8 Å². The Labute approximate surface area is 58.0 Å². The van der Waals surface area contributed by atoms with E-state index in [2.05, 4.69) is 9.78 Å². The molecule has 10 heavy (non-hydrogen) atoms. The van der Waals surface area contributed by atoms with Crippen molar-refractivity contribution in [1.82, 2.24) is 0 Å². The number of ketones is 2. The third-order valence-electron chi connectivity index (χ3n) is 1.33. The summed E-state index contributed by atoms with van der Waals surface area (Å²) in [7, 11) is 0. The zero-order valence-corrected chi connectivity index (χ0v) is 5.79. The molecule has 1 fully saturated rings. The van der Waals surface area contributed by atoms with Gasteiger partial charge in [-0.15, -0.1) is 0 Å². The van der Waals surface area contributed by atoms with Crippen molar-refractivity contribution in [3.8, 4) is 0 Å². The Balaban J connectivity index is 2.70. The molecule has 0 saturated carbocycles. The maximum Gasteiger partial charge on any atom is 0.232 e. The van der Waals surface area contributed by atoms with Crippen LogP contribution in [0.3, 0.4) is 0 Å². The maximum absolute atomic E-state index is 10.8. The number of carbonyl (C=O) groups is 2. The molecule has 0 aromatic carbocycles. The Bertz CT molecular complexity index is 155. The summed E-state index contributed by atoms with van der Waals surface area (Å²) in [6.45, 7) is 2.96. The van der Waals surface area contributed by atoms with Crippen LogP contribution in [0.1, 0.15) is 13.8 Å². The lowest BCUT2D eigenvalue weighted by Gasteiger charge is -2.19. The van der Waals surface area contributed by atoms with Gasteiger partial charge < -0.3 is 0 Å². The van der Waals surface area contributed by atoms with Gasteiger partial charge in [-0.25, -0.2) is 9.78 Å². The van der Waals surface area contributed by atoms with Gasteiger partial charge in [0.1, 0.15) is 0 Å². The predicted octanol–water partition coefficient (Wildman–Crippen LogP) is -0.137. The summed E-state index contributed by atoms with van der Waals surface area (Å²) < 4.78 is 0. The average Bonchev–Trinajstić information content (AvgIpc) is 1.93. The minimum absolute atomic E-state index is 0.515. The van der Waals surface area contributed by atoms with Crippen molar-refractivity contribution in [2.75, 3.05) is 0 Å². The highest BCUT2D eigenvalue weighted by molar-refractivity contribution is 6.40. The molecule has 56 valence electrons. The quantitative estimate of drug-likeness (QED) is 0.351. The number of hydrogen-bond acceptors (Lipinski definition) is 4. The molecule has 0 N–H and O–H groups in total. The fourth-order valence-electron chi connectivity index (χ4n) is 0.655. The Hall–Kier alpha value is -0.740. The van der Waals surface area contributed by atoms with Gasteiger partial charge in [-0.05, 0) is 13.8 Å². The van der Waals surface area contributed by atoms with Gasteiger partial charge in [-0.3, -0.25) is 9.59 Å². The highest BCUT2D eigenvalue weighted by atomic mass is 17.2. The van der Waals surface area contributed by atoms with Crippen molar-refractivity contribution < 1.29 is 19.4 Å². The van der Waals surface area contributed by atoms with Crippen molar-refractivity contribution >= 4 is 11.6 Å². The second kappa shape index (κ2) is 2.48. The first kappa shape index (κ1) is 7.37. The number of carbonyl (C=O) groups excluding carboxylic acids is 2. The van der Waals surface area contributed by atoms with Crippen LogP contribution >= 0.6 is 0 Å². The highest BCUT2D eigenvalue weighted by Gasteiger charge is 2.33. The molecule has 1 rings (SSSR count). The van der Waals surface area contributed by atoms with Crippen LogP contribution in [-0.2, 0) is 19.4 Å². The largest absolute Gasteiger partial charge is 0.288 e. The van der Waals surface area contributed by atoms with Crippen LogP contribution in [0, 0.1) is 0 Å². The highest BCUT2D eigenvalue weighted by Crippen LogP contribution is 2.08. The predicted molar refractivity (Wildman–Crippen MR) is 31.1 cm³/mol. The van der Waals surface area contributed by atoms with Crippen molar-refractivity contribution in [3.05, 3.63) is 0 Å². The summed E-state index contributed by atoms with van der Waals surface area (Å²) in [6, 6.07) is 0. The van der Waals surface area contributed by atoms with Gasteiger partial charge in [0, 0.05) is 0 Å². The number of hydrogen-bond donors (Lipinski definition) is 0. The molecule has 2 unspecified atom stereocenters. The second-order valence-electron chi connectivity index (χ2n) is 2.21. The van der Waals surface area contributed by atoms with E-state index in [0.717, 1.165) is 0 Å². The van der Waals surface area contributed by atoms with E-state index in [9.17, 15) is 9.59 Å². The second-order valence-corrected chi connectivity index (χ2v) is 2.21. The Kier molecular flexibility index (Phi) is 1.82. The fraction of sp³-hybridized carbons (Fsp3) is 0.667. The Morgan fingerprint density at radius 2 is 1.30 bits per heavy atom. The molecule has 4 nitrogen and oxygen atoms in total.